The van der Waals surface area contributed by atoms with Crippen LogP contribution < -0.4 is 37.9 Å². The molecule has 4 rings (SSSR count). The summed E-state index contributed by atoms with van der Waals surface area (Å²) in [6.07, 6.45) is 5.02. The van der Waals surface area contributed by atoms with Crippen LogP contribution in [0.4, 0.5) is 17.5 Å². The zero-order chi connectivity index (χ0) is 29.7. The van der Waals surface area contributed by atoms with Crippen LogP contribution in [0, 0.1) is 34.6 Å². The predicted molar refractivity (Wildman–Crippen MR) is 172 cm³/mol. The maximum atomic E-state index is 6.50. The second kappa shape index (κ2) is 14.6. The molecule has 0 radical (unpaired) electrons. The van der Waals surface area contributed by atoms with Gasteiger partial charge in [-0.1, -0.05) is 20.8 Å². The smallest absolute Gasteiger partial charge is 0.272 e. The van der Waals surface area contributed by atoms with Crippen molar-refractivity contribution in [3.05, 3.63) is 104 Å². The number of aryl methyl sites for hydroxylation is 5. The first-order chi connectivity index (χ1) is 19.6. The van der Waals surface area contributed by atoms with Crippen LogP contribution in [0.25, 0.3) is 0 Å². The summed E-state index contributed by atoms with van der Waals surface area (Å²) in [4.78, 5) is 9.54. The maximum absolute atomic E-state index is 6.50. The van der Waals surface area contributed by atoms with E-state index >= 15 is 0 Å². The van der Waals surface area contributed by atoms with Gasteiger partial charge in [-0.3, -0.25) is 5.73 Å². The van der Waals surface area contributed by atoms with Gasteiger partial charge in [-0.25, -0.2) is 14.5 Å². The topological polar surface area (TPSA) is 79.7 Å². The summed E-state index contributed by atoms with van der Waals surface area (Å²) in [5, 5.41) is 7.36. The molecule has 0 aliphatic carbocycles. The van der Waals surface area contributed by atoms with Gasteiger partial charge in [0.2, 0.25) is 0 Å². The summed E-state index contributed by atoms with van der Waals surface area (Å²) in [5.74, 6) is 2.62. The average Bonchev–Trinajstić information content (AvgIpc) is 2.91. The van der Waals surface area contributed by atoms with Crippen molar-refractivity contribution in [3.63, 3.8) is 0 Å². The van der Waals surface area contributed by atoms with Crippen molar-refractivity contribution < 1.29 is 21.5 Å². The third kappa shape index (κ3) is 7.68. The molecular formula is C35H47BrN6. The molecule has 6 nitrogen and oxygen atoms in total. The fourth-order valence-electron chi connectivity index (χ4n) is 6.20. The van der Waals surface area contributed by atoms with Crippen LogP contribution in [0.5, 0.6) is 0 Å². The number of anilines is 3. The molecule has 0 saturated carbocycles. The number of aromatic nitrogens is 3. The fourth-order valence-corrected chi connectivity index (χ4v) is 6.20. The summed E-state index contributed by atoms with van der Waals surface area (Å²) in [7, 11) is 0. The molecule has 0 bridgehead atoms. The molecule has 42 heavy (non-hydrogen) atoms. The highest BCUT2D eigenvalue weighted by molar-refractivity contribution is 5.55. The minimum Gasteiger partial charge on any atom is -1.00 e. The van der Waals surface area contributed by atoms with Crippen LogP contribution in [0.3, 0.4) is 0 Å². The molecule has 0 aliphatic rings. The lowest BCUT2D eigenvalue weighted by Crippen LogP contribution is -3.00. The van der Waals surface area contributed by atoms with Crippen molar-refractivity contribution in [1.29, 1.82) is 0 Å². The third-order valence-corrected chi connectivity index (χ3v) is 7.87. The normalized spacial score (nSPS) is 10.9. The Bertz CT molecular complexity index is 1420. The lowest BCUT2D eigenvalue weighted by Gasteiger charge is -2.26. The second-order valence-electron chi connectivity index (χ2n) is 11.2. The van der Waals surface area contributed by atoms with Crippen molar-refractivity contribution in [1.82, 2.24) is 9.97 Å². The number of hydrogen-bond donors (Lipinski definition) is 3. The van der Waals surface area contributed by atoms with Gasteiger partial charge in [0.25, 0.3) is 5.82 Å². The number of pyridine rings is 3. The van der Waals surface area contributed by atoms with Crippen molar-refractivity contribution >= 4 is 17.5 Å². The zero-order valence-corrected chi connectivity index (χ0v) is 28.2. The Hall–Kier alpha value is -3.45. The van der Waals surface area contributed by atoms with E-state index in [-0.39, 0.29) is 17.0 Å². The van der Waals surface area contributed by atoms with Gasteiger partial charge in [-0.2, -0.15) is 0 Å². The fraction of sp³-hybridized carbons (Fsp3) is 0.400. The largest absolute Gasteiger partial charge is 1.00 e. The summed E-state index contributed by atoms with van der Waals surface area (Å²) in [6, 6.07) is 12.6. The van der Waals surface area contributed by atoms with Gasteiger partial charge in [0.05, 0.1) is 6.20 Å². The first kappa shape index (κ1) is 33.1. The number of nitrogens with zero attached hydrogens (tertiary/aromatic N) is 3. The Morgan fingerprint density at radius 3 is 1.50 bits per heavy atom. The van der Waals surface area contributed by atoms with Crippen LogP contribution in [0.1, 0.15) is 82.2 Å². The molecule has 3 aromatic heterocycles. The summed E-state index contributed by atoms with van der Waals surface area (Å²) in [6.45, 7) is 19.5. The summed E-state index contributed by atoms with van der Waals surface area (Å²) >= 11 is 0. The Morgan fingerprint density at radius 2 is 1.07 bits per heavy atom. The molecule has 7 heteroatoms. The lowest BCUT2D eigenvalue weighted by atomic mass is 9.83. The van der Waals surface area contributed by atoms with Crippen molar-refractivity contribution in [3.8, 4) is 0 Å². The van der Waals surface area contributed by atoms with Crippen LogP contribution in [-0.2, 0) is 38.9 Å². The van der Waals surface area contributed by atoms with Gasteiger partial charge in [-0.15, -0.1) is 0 Å². The highest BCUT2D eigenvalue weighted by atomic mass is 79.9. The van der Waals surface area contributed by atoms with Crippen LogP contribution in [0.2, 0.25) is 0 Å². The molecule has 1 aromatic carbocycles. The first-order valence-corrected chi connectivity index (χ1v) is 14.9. The Labute approximate surface area is 263 Å². The van der Waals surface area contributed by atoms with Crippen molar-refractivity contribution in [2.45, 2.75) is 94.3 Å². The van der Waals surface area contributed by atoms with E-state index in [1.807, 2.05) is 6.07 Å². The van der Waals surface area contributed by atoms with Gasteiger partial charge < -0.3 is 27.6 Å². The molecule has 0 atom stereocenters. The second-order valence-corrected chi connectivity index (χ2v) is 11.2. The molecule has 3 heterocycles. The molecule has 0 fully saturated rings. The summed E-state index contributed by atoms with van der Waals surface area (Å²) < 4.78 is 2.19. The number of benzene rings is 1. The quantitative estimate of drug-likeness (QED) is 0.219. The van der Waals surface area contributed by atoms with E-state index in [4.69, 9.17) is 15.7 Å². The number of nitrogen functional groups attached to an aromatic ring is 1. The third-order valence-electron chi connectivity index (χ3n) is 7.87. The Balaban J connectivity index is 0.00000484. The van der Waals surface area contributed by atoms with E-state index in [0.717, 1.165) is 67.7 Å². The van der Waals surface area contributed by atoms with Crippen molar-refractivity contribution in [2.75, 3.05) is 16.4 Å². The number of rotatable bonds is 11. The highest BCUT2D eigenvalue weighted by Crippen LogP contribution is 2.32. The number of hydrogen-bond acceptors (Lipinski definition) is 5. The van der Waals surface area contributed by atoms with E-state index < -0.39 is 0 Å². The van der Waals surface area contributed by atoms with Gasteiger partial charge in [0, 0.05) is 36.1 Å². The average molecular weight is 632 g/mol. The van der Waals surface area contributed by atoms with Gasteiger partial charge in [0.15, 0.2) is 0 Å². The van der Waals surface area contributed by atoms with Gasteiger partial charge in [-0.05, 0) is 129 Å². The van der Waals surface area contributed by atoms with Gasteiger partial charge in [0.1, 0.15) is 18.2 Å². The maximum Gasteiger partial charge on any atom is 0.272 e. The first-order valence-electron chi connectivity index (χ1n) is 14.9. The lowest BCUT2D eigenvalue weighted by molar-refractivity contribution is -0.674. The summed E-state index contributed by atoms with van der Waals surface area (Å²) in [5.41, 5.74) is 20.6. The molecule has 0 spiro atoms. The number of nitrogens with one attached hydrogen (secondary N) is 2. The molecular weight excluding hydrogens is 584 g/mol. The molecule has 0 amide bonds. The van der Waals surface area contributed by atoms with E-state index in [9.17, 15) is 0 Å². The molecule has 4 N–H and O–H groups in total. The van der Waals surface area contributed by atoms with E-state index in [1.165, 1.54) is 50.1 Å². The molecule has 224 valence electrons. The standard InChI is InChI=1S/C35H46N6.BrH/c1-9-27-30(18-37-34-16-23(5)14-25(7)39-34)28(10-2)32(21-41-20-22(4)12-13-33(41)36)29(11-3)31(27)19-38-35-17-24(6)15-26(8)40-35;/h12-17,20,36H,9-11,18-19,21H2,1-8H3,(H2,37,38,39,40);1H. The van der Waals surface area contributed by atoms with E-state index in [2.05, 4.69) is 107 Å². The van der Waals surface area contributed by atoms with Crippen LogP contribution in [-0.4, -0.2) is 9.97 Å². The number of nitrogens with two attached hydrogens (primary N) is 1. The minimum absolute atomic E-state index is 0. The molecule has 0 saturated heterocycles. The van der Waals surface area contributed by atoms with E-state index in [1.54, 1.807) is 0 Å². The Morgan fingerprint density at radius 1 is 0.619 bits per heavy atom. The minimum atomic E-state index is 0. The Kier molecular flexibility index (Phi) is 11.5. The molecule has 0 unspecified atom stereocenters. The van der Waals surface area contributed by atoms with Crippen LogP contribution in [0.15, 0.2) is 42.6 Å². The SMILES string of the molecule is CCc1c(CNc2cc(C)cc(C)n2)c(CC)c(C[n+]2cc(C)ccc2N)c(CC)c1CNc1cc(C)cc(C)n1.[Br-]. The number of halogens is 1. The monoisotopic (exact) mass is 630 g/mol. The molecule has 4 aromatic rings. The highest BCUT2D eigenvalue weighted by Gasteiger charge is 2.23. The van der Waals surface area contributed by atoms with Crippen LogP contribution >= 0.6 is 0 Å². The van der Waals surface area contributed by atoms with E-state index in [0.29, 0.717) is 0 Å². The molecule has 0 aliphatic heterocycles. The van der Waals surface area contributed by atoms with Gasteiger partial charge >= 0.3 is 0 Å². The zero-order valence-electron chi connectivity index (χ0n) is 26.6. The predicted octanol–water partition coefficient (Wildman–Crippen LogP) is 3.85. The van der Waals surface area contributed by atoms with Crippen molar-refractivity contribution in [2.24, 2.45) is 0 Å².